The second kappa shape index (κ2) is 4.63. The van der Waals surface area contributed by atoms with Gasteiger partial charge in [0.1, 0.15) is 0 Å². The maximum absolute atomic E-state index is 13.0. The molecule has 0 spiro atoms. The smallest absolute Gasteiger partial charge is 0.315 e. The highest BCUT2D eigenvalue weighted by Crippen LogP contribution is 2.33. The van der Waals surface area contributed by atoms with E-state index in [-0.39, 0.29) is 5.56 Å². The molecule has 2 aromatic rings. The molecule has 0 amide bonds. The number of imidazole rings is 1. The van der Waals surface area contributed by atoms with Crippen LogP contribution in [0.3, 0.4) is 0 Å². The van der Waals surface area contributed by atoms with Gasteiger partial charge in [-0.3, -0.25) is 0 Å². The second-order valence-electron chi connectivity index (χ2n) is 5.04. The summed E-state index contributed by atoms with van der Waals surface area (Å²) in [7, 11) is 0. The van der Waals surface area contributed by atoms with Gasteiger partial charge in [0, 0.05) is 36.6 Å². The molecule has 0 bridgehead atoms. The van der Waals surface area contributed by atoms with Gasteiger partial charge in [-0.1, -0.05) is 6.07 Å². The Morgan fingerprint density at radius 1 is 1.30 bits per heavy atom. The van der Waals surface area contributed by atoms with Crippen molar-refractivity contribution in [3.05, 3.63) is 47.5 Å². The summed E-state index contributed by atoms with van der Waals surface area (Å²) in [4.78, 5) is 4.07. The molecule has 6 heteroatoms. The molecule has 1 saturated heterocycles. The first kappa shape index (κ1) is 13.2. The van der Waals surface area contributed by atoms with Crippen LogP contribution in [-0.2, 0) is 6.18 Å². The van der Waals surface area contributed by atoms with Crippen molar-refractivity contribution in [1.82, 2.24) is 14.9 Å². The maximum Gasteiger partial charge on any atom is 0.416 e. The lowest BCUT2D eigenvalue weighted by Gasteiger charge is -2.28. The Hall–Kier alpha value is -1.82. The number of halogens is 3. The largest absolute Gasteiger partial charge is 0.416 e. The number of nitrogens with one attached hydrogen (secondary N) is 1. The minimum absolute atomic E-state index is 0.230. The maximum atomic E-state index is 13.0. The summed E-state index contributed by atoms with van der Waals surface area (Å²) in [5.41, 5.74) is 1.08. The zero-order chi connectivity index (χ0) is 14.3. The van der Waals surface area contributed by atoms with Crippen LogP contribution in [-0.4, -0.2) is 22.6 Å². The zero-order valence-corrected chi connectivity index (χ0v) is 10.9. The van der Waals surface area contributed by atoms with E-state index in [1.807, 2.05) is 0 Å². The molecule has 0 aliphatic carbocycles. The summed E-state index contributed by atoms with van der Waals surface area (Å²) in [5.74, 6) is 0.313. The first-order valence-corrected chi connectivity index (χ1v) is 6.38. The number of hydrogen-bond acceptors (Lipinski definition) is 2. The number of aryl methyl sites for hydroxylation is 1. The number of benzene rings is 1. The van der Waals surface area contributed by atoms with Gasteiger partial charge in [0.2, 0.25) is 0 Å². The molecule has 2 heterocycles. The minimum atomic E-state index is -4.33. The predicted molar refractivity (Wildman–Crippen MR) is 68.9 cm³/mol. The number of rotatable bonds is 2. The van der Waals surface area contributed by atoms with Crippen molar-refractivity contribution >= 4 is 0 Å². The molecule has 1 aromatic carbocycles. The summed E-state index contributed by atoms with van der Waals surface area (Å²) in [6.07, 6.45) is -1.05. The molecule has 20 heavy (non-hydrogen) atoms. The molecule has 1 fully saturated rings. The van der Waals surface area contributed by atoms with Crippen molar-refractivity contribution in [2.24, 2.45) is 0 Å². The van der Waals surface area contributed by atoms with Crippen LogP contribution in [0.4, 0.5) is 13.2 Å². The number of nitrogens with zero attached hydrogens (tertiary/aromatic N) is 2. The van der Waals surface area contributed by atoms with Crippen LogP contribution in [0, 0.1) is 6.92 Å². The molecule has 1 N–H and O–H groups in total. The van der Waals surface area contributed by atoms with Crippen LogP contribution in [0.1, 0.15) is 22.7 Å². The van der Waals surface area contributed by atoms with E-state index in [4.69, 9.17) is 0 Å². The lowest BCUT2D eigenvalue weighted by Crippen LogP contribution is -2.40. The first-order chi connectivity index (χ1) is 9.47. The van der Waals surface area contributed by atoms with Crippen LogP contribution in [0.15, 0.2) is 30.7 Å². The van der Waals surface area contributed by atoms with Gasteiger partial charge in [0.05, 0.1) is 11.9 Å². The first-order valence-electron chi connectivity index (χ1n) is 6.38. The Labute approximate surface area is 114 Å². The average molecular weight is 281 g/mol. The molecule has 0 saturated carbocycles. The Balaban J connectivity index is 2.05. The van der Waals surface area contributed by atoms with E-state index in [0.717, 1.165) is 18.8 Å². The van der Waals surface area contributed by atoms with E-state index in [1.54, 1.807) is 23.2 Å². The minimum Gasteiger partial charge on any atom is -0.315 e. The van der Waals surface area contributed by atoms with Crippen molar-refractivity contribution in [2.75, 3.05) is 13.1 Å². The van der Waals surface area contributed by atoms with Crippen LogP contribution in [0.25, 0.3) is 5.69 Å². The Kier molecular flexibility index (Phi) is 3.05. The quantitative estimate of drug-likeness (QED) is 0.917. The summed E-state index contributed by atoms with van der Waals surface area (Å²) >= 11 is 0. The molecule has 106 valence electrons. The van der Waals surface area contributed by atoms with E-state index in [9.17, 15) is 13.2 Å². The van der Waals surface area contributed by atoms with E-state index in [1.165, 1.54) is 19.1 Å². The SMILES string of the molecule is Cc1ccc(-n2cncc2C2CNC2)cc1C(F)(F)F. The van der Waals surface area contributed by atoms with Crippen LogP contribution in [0.2, 0.25) is 0 Å². The van der Waals surface area contributed by atoms with Gasteiger partial charge in [-0.25, -0.2) is 4.98 Å². The number of alkyl halides is 3. The molecule has 0 atom stereocenters. The van der Waals surface area contributed by atoms with Crippen molar-refractivity contribution < 1.29 is 13.2 Å². The van der Waals surface area contributed by atoms with Crippen LogP contribution < -0.4 is 5.32 Å². The molecular formula is C14H14F3N3. The third-order valence-corrected chi connectivity index (χ3v) is 3.67. The van der Waals surface area contributed by atoms with Gasteiger partial charge in [-0.05, 0) is 24.6 Å². The summed E-state index contributed by atoms with van der Waals surface area (Å²) < 4.78 is 40.7. The molecule has 1 aromatic heterocycles. The third kappa shape index (κ3) is 2.20. The van der Waals surface area contributed by atoms with Gasteiger partial charge in [0.15, 0.2) is 0 Å². The van der Waals surface area contributed by atoms with E-state index in [2.05, 4.69) is 10.3 Å². The Morgan fingerprint density at radius 2 is 2.05 bits per heavy atom. The van der Waals surface area contributed by atoms with Crippen molar-refractivity contribution in [3.63, 3.8) is 0 Å². The Morgan fingerprint density at radius 3 is 2.65 bits per heavy atom. The highest BCUT2D eigenvalue weighted by molar-refractivity contribution is 5.43. The molecule has 3 rings (SSSR count). The number of aromatic nitrogens is 2. The fourth-order valence-electron chi connectivity index (χ4n) is 2.39. The molecule has 3 nitrogen and oxygen atoms in total. The van der Waals surface area contributed by atoms with Gasteiger partial charge in [-0.2, -0.15) is 13.2 Å². The molecule has 0 unspecified atom stereocenters. The zero-order valence-electron chi connectivity index (χ0n) is 10.9. The van der Waals surface area contributed by atoms with E-state index < -0.39 is 11.7 Å². The molecule has 0 radical (unpaired) electrons. The van der Waals surface area contributed by atoms with Gasteiger partial charge in [0.25, 0.3) is 0 Å². The summed E-state index contributed by atoms with van der Waals surface area (Å²) in [6, 6.07) is 4.38. The standard InChI is InChI=1S/C14H14F3N3/c1-9-2-3-11(4-12(9)14(15,16)17)20-8-19-7-13(20)10-5-18-6-10/h2-4,7-8,10,18H,5-6H2,1H3. The van der Waals surface area contributed by atoms with Crippen molar-refractivity contribution in [1.29, 1.82) is 0 Å². The highest BCUT2D eigenvalue weighted by Gasteiger charge is 2.33. The Bertz CT molecular complexity index is 627. The topological polar surface area (TPSA) is 29.9 Å². The monoisotopic (exact) mass is 281 g/mol. The fraction of sp³-hybridized carbons (Fsp3) is 0.357. The normalized spacial score (nSPS) is 16.2. The van der Waals surface area contributed by atoms with E-state index >= 15 is 0 Å². The second-order valence-corrected chi connectivity index (χ2v) is 5.04. The lowest BCUT2D eigenvalue weighted by atomic mass is 9.99. The molecule has 1 aliphatic rings. The van der Waals surface area contributed by atoms with Gasteiger partial charge < -0.3 is 9.88 Å². The number of hydrogen-bond donors (Lipinski definition) is 1. The molecule has 1 aliphatic heterocycles. The third-order valence-electron chi connectivity index (χ3n) is 3.67. The van der Waals surface area contributed by atoms with Crippen molar-refractivity contribution in [2.45, 2.75) is 19.0 Å². The fourth-order valence-corrected chi connectivity index (χ4v) is 2.39. The summed E-state index contributed by atoms with van der Waals surface area (Å²) in [5, 5.41) is 3.15. The van der Waals surface area contributed by atoms with E-state index in [0.29, 0.717) is 11.6 Å². The predicted octanol–water partition coefficient (Wildman–Crippen LogP) is 2.89. The van der Waals surface area contributed by atoms with Gasteiger partial charge >= 0.3 is 6.18 Å². The summed E-state index contributed by atoms with van der Waals surface area (Å²) in [6.45, 7) is 3.14. The van der Waals surface area contributed by atoms with Gasteiger partial charge in [-0.15, -0.1) is 0 Å². The van der Waals surface area contributed by atoms with Crippen LogP contribution in [0.5, 0.6) is 0 Å². The molecular weight excluding hydrogens is 267 g/mol. The van der Waals surface area contributed by atoms with Crippen molar-refractivity contribution in [3.8, 4) is 5.69 Å². The highest BCUT2D eigenvalue weighted by atomic mass is 19.4. The van der Waals surface area contributed by atoms with Crippen LogP contribution >= 0.6 is 0 Å². The lowest BCUT2D eigenvalue weighted by molar-refractivity contribution is -0.138. The average Bonchev–Trinajstić information content (AvgIpc) is 2.75.